The van der Waals surface area contributed by atoms with E-state index in [0.29, 0.717) is 32.8 Å². The Morgan fingerprint density at radius 1 is 1.23 bits per heavy atom. The zero-order chi connectivity index (χ0) is 21.7. The second-order valence-electron chi connectivity index (χ2n) is 6.20. The molecule has 1 aliphatic heterocycles. The van der Waals surface area contributed by atoms with Crippen LogP contribution in [0.5, 0.6) is 5.75 Å². The van der Waals surface area contributed by atoms with Crippen LogP contribution in [0.25, 0.3) is 6.08 Å². The van der Waals surface area contributed by atoms with Crippen LogP contribution in [-0.4, -0.2) is 30.8 Å². The summed E-state index contributed by atoms with van der Waals surface area (Å²) >= 11 is 4.34. The Hall–Kier alpha value is -2.84. The highest BCUT2D eigenvalue weighted by Crippen LogP contribution is 2.37. The van der Waals surface area contributed by atoms with Crippen LogP contribution in [0.3, 0.4) is 0 Å². The molecule has 1 saturated heterocycles. The van der Waals surface area contributed by atoms with Crippen LogP contribution < -0.4 is 9.64 Å². The number of thioether (sulfide) groups is 1. The summed E-state index contributed by atoms with van der Waals surface area (Å²) in [5, 5.41) is -0.346. The van der Waals surface area contributed by atoms with Crippen LogP contribution in [0, 0.1) is 0 Å². The minimum Gasteiger partial charge on any atom is -0.480 e. The van der Waals surface area contributed by atoms with E-state index in [2.05, 4.69) is 27.2 Å². The molecule has 0 saturated carbocycles. The smallest absolute Gasteiger partial charge is 0.343 e. The van der Waals surface area contributed by atoms with Crippen molar-refractivity contribution in [2.75, 3.05) is 18.6 Å². The fraction of sp³-hybridized carbons (Fsp3) is 0.136. The minimum atomic E-state index is -0.495. The van der Waals surface area contributed by atoms with Gasteiger partial charge in [0.1, 0.15) is 5.75 Å². The normalized spacial score (nSPS) is 14.9. The topological polar surface area (TPSA) is 72.9 Å². The second kappa shape index (κ2) is 9.77. The average Bonchev–Trinajstić information content (AvgIpc) is 3.01. The third-order valence-corrected chi connectivity index (χ3v) is 5.63. The number of rotatable bonds is 7. The molecule has 0 bridgehead atoms. The number of para-hydroxylation sites is 1. The van der Waals surface area contributed by atoms with Gasteiger partial charge >= 0.3 is 5.97 Å². The van der Waals surface area contributed by atoms with Crippen molar-refractivity contribution in [1.82, 2.24) is 0 Å². The Bertz CT molecular complexity index is 1040. The molecule has 1 aliphatic rings. The van der Waals surface area contributed by atoms with Crippen LogP contribution in [0.15, 0.2) is 64.5 Å². The van der Waals surface area contributed by atoms with Gasteiger partial charge in [0.2, 0.25) is 0 Å². The Kier molecular flexibility index (Phi) is 7.12. The lowest BCUT2D eigenvalue weighted by molar-refractivity contribution is -0.142. The van der Waals surface area contributed by atoms with Crippen molar-refractivity contribution in [3.8, 4) is 5.75 Å². The number of nitrogens with zero attached hydrogens (tertiary/aromatic N) is 1. The number of carbonyl (C=O) groups is 3. The molecule has 2 amide bonds. The molecule has 8 heteroatoms. The molecule has 0 aliphatic carbocycles. The Morgan fingerprint density at radius 3 is 2.63 bits per heavy atom. The molecule has 3 rings (SSSR count). The van der Waals surface area contributed by atoms with Crippen LogP contribution in [0.1, 0.15) is 11.1 Å². The number of ether oxygens (including phenoxy) is 2. The van der Waals surface area contributed by atoms with Gasteiger partial charge in [-0.3, -0.25) is 9.59 Å². The van der Waals surface area contributed by atoms with Crippen molar-refractivity contribution in [1.29, 1.82) is 0 Å². The molecule has 0 atom stereocenters. The maximum absolute atomic E-state index is 12.8. The van der Waals surface area contributed by atoms with Gasteiger partial charge < -0.3 is 9.47 Å². The SMILES string of the molecule is C=CCc1cc(/C=C2\SC(=O)N(c3ccccc3)C2=O)cc(Br)c1OCC(=O)OC. The Morgan fingerprint density at radius 2 is 1.97 bits per heavy atom. The van der Waals surface area contributed by atoms with Gasteiger partial charge in [0.15, 0.2) is 6.61 Å². The predicted octanol–water partition coefficient (Wildman–Crippen LogP) is 4.97. The van der Waals surface area contributed by atoms with Crippen LogP contribution in [-0.2, 0) is 20.7 Å². The van der Waals surface area contributed by atoms with E-state index >= 15 is 0 Å². The number of hydrogen-bond donors (Lipinski definition) is 0. The van der Waals surface area contributed by atoms with E-state index in [4.69, 9.17) is 4.74 Å². The highest BCUT2D eigenvalue weighted by Gasteiger charge is 2.36. The van der Waals surface area contributed by atoms with E-state index in [1.807, 2.05) is 12.1 Å². The van der Waals surface area contributed by atoms with Crippen molar-refractivity contribution in [3.63, 3.8) is 0 Å². The van der Waals surface area contributed by atoms with E-state index in [1.54, 1.807) is 42.5 Å². The molecule has 0 N–H and O–H groups in total. The summed E-state index contributed by atoms with van der Waals surface area (Å²) in [4.78, 5) is 38.1. The highest BCUT2D eigenvalue weighted by molar-refractivity contribution is 9.10. The lowest BCUT2D eigenvalue weighted by atomic mass is 10.1. The largest absolute Gasteiger partial charge is 0.480 e. The van der Waals surface area contributed by atoms with E-state index in [1.165, 1.54) is 7.11 Å². The van der Waals surface area contributed by atoms with E-state index in [-0.39, 0.29) is 17.8 Å². The maximum Gasteiger partial charge on any atom is 0.343 e. The molecule has 0 unspecified atom stereocenters. The lowest BCUT2D eigenvalue weighted by Crippen LogP contribution is -2.27. The first-order chi connectivity index (χ1) is 14.4. The molecule has 0 radical (unpaired) electrons. The van der Waals surface area contributed by atoms with E-state index in [0.717, 1.165) is 22.2 Å². The third-order valence-electron chi connectivity index (χ3n) is 4.18. The zero-order valence-corrected chi connectivity index (χ0v) is 18.5. The number of carbonyl (C=O) groups excluding carboxylic acids is 3. The van der Waals surface area contributed by atoms with E-state index < -0.39 is 5.97 Å². The molecule has 0 aromatic heterocycles. The van der Waals surface area contributed by atoms with E-state index in [9.17, 15) is 14.4 Å². The number of methoxy groups -OCH3 is 1. The molecule has 6 nitrogen and oxygen atoms in total. The van der Waals surface area contributed by atoms with Crippen LogP contribution in [0.4, 0.5) is 10.5 Å². The summed E-state index contributed by atoms with van der Waals surface area (Å²) in [7, 11) is 1.29. The maximum atomic E-state index is 12.8. The quantitative estimate of drug-likeness (QED) is 0.311. The van der Waals surface area contributed by atoms with Gasteiger partial charge in [0.05, 0.1) is 22.2 Å². The minimum absolute atomic E-state index is 0.228. The second-order valence-corrected chi connectivity index (χ2v) is 8.05. The number of esters is 1. The third kappa shape index (κ3) is 4.83. The number of amides is 2. The number of benzene rings is 2. The van der Waals surface area contributed by atoms with Gasteiger partial charge in [0.25, 0.3) is 11.1 Å². The number of halogens is 1. The van der Waals surface area contributed by atoms with Gasteiger partial charge in [-0.2, -0.15) is 0 Å². The first-order valence-electron chi connectivity index (χ1n) is 8.90. The molecule has 154 valence electrons. The predicted molar refractivity (Wildman–Crippen MR) is 120 cm³/mol. The molecule has 0 spiro atoms. The molecular weight excluding hydrogens is 470 g/mol. The summed E-state index contributed by atoms with van der Waals surface area (Å²) in [5.74, 6) is -0.372. The van der Waals surface area contributed by atoms with Crippen molar-refractivity contribution in [2.24, 2.45) is 0 Å². The summed E-state index contributed by atoms with van der Waals surface area (Å²) in [5.41, 5.74) is 2.02. The summed E-state index contributed by atoms with van der Waals surface area (Å²) in [6.07, 6.45) is 3.86. The van der Waals surface area contributed by atoms with Gasteiger partial charge in [-0.15, -0.1) is 6.58 Å². The van der Waals surface area contributed by atoms with Gasteiger partial charge in [0, 0.05) is 0 Å². The summed E-state index contributed by atoms with van der Waals surface area (Å²) in [6.45, 7) is 3.52. The van der Waals surface area contributed by atoms with Crippen LogP contribution in [0.2, 0.25) is 0 Å². The Labute approximate surface area is 186 Å². The van der Waals surface area contributed by atoms with Gasteiger partial charge in [-0.05, 0) is 75.6 Å². The fourth-order valence-electron chi connectivity index (χ4n) is 2.83. The molecular formula is C22H18BrNO5S. The van der Waals surface area contributed by atoms with Crippen molar-refractivity contribution >= 4 is 56.6 Å². The lowest BCUT2D eigenvalue weighted by Gasteiger charge is -2.13. The molecule has 2 aromatic rings. The molecule has 1 fully saturated rings. The first-order valence-corrected chi connectivity index (χ1v) is 10.5. The molecule has 1 heterocycles. The van der Waals surface area contributed by atoms with Crippen molar-refractivity contribution in [3.05, 3.63) is 75.6 Å². The van der Waals surface area contributed by atoms with Gasteiger partial charge in [-0.25, -0.2) is 9.69 Å². The number of hydrogen-bond acceptors (Lipinski definition) is 6. The standard InChI is InChI=1S/C22H18BrNO5S/c1-3-7-15-10-14(11-17(23)20(15)29-13-19(25)28-2)12-18-21(26)24(22(27)30-18)16-8-5-4-6-9-16/h3-6,8-12H,1,7,13H2,2H3/b18-12-. The van der Waals surface area contributed by atoms with Crippen molar-refractivity contribution < 1.29 is 23.9 Å². The first kappa shape index (κ1) is 21.9. The average molecular weight is 488 g/mol. The highest BCUT2D eigenvalue weighted by atomic mass is 79.9. The number of allylic oxidation sites excluding steroid dienone is 1. The van der Waals surface area contributed by atoms with Crippen LogP contribution >= 0.6 is 27.7 Å². The molecule has 30 heavy (non-hydrogen) atoms. The number of imide groups is 1. The monoisotopic (exact) mass is 487 g/mol. The van der Waals surface area contributed by atoms with Crippen molar-refractivity contribution in [2.45, 2.75) is 6.42 Å². The van der Waals surface area contributed by atoms with Gasteiger partial charge in [-0.1, -0.05) is 24.3 Å². The fourth-order valence-corrected chi connectivity index (χ4v) is 4.31. The zero-order valence-electron chi connectivity index (χ0n) is 16.1. The summed E-state index contributed by atoms with van der Waals surface area (Å²) in [6, 6.07) is 12.4. The number of anilines is 1. The molecule has 2 aromatic carbocycles. The summed E-state index contributed by atoms with van der Waals surface area (Å²) < 4.78 is 10.8. The Balaban J connectivity index is 1.91.